The first-order chi connectivity index (χ1) is 13.4. The first-order valence-electron chi connectivity index (χ1n) is 8.04. The average molecular weight is 388 g/mol. The number of carbonyl (C=O) groups is 3. The molecule has 0 saturated heterocycles. The number of ether oxygens (including phenoxy) is 4. The number of methoxy groups -OCH3 is 4. The Labute approximate surface area is 161 Å². The second kappa shape index (κ2) is 9.26. The maximum absolute atomic E-state index is 12.3. The topological polar surface area (TPSA) is 112 Å². The quantitative estimate of drug-likeness (QED) is 0.575. The Morgan fingerprint density at radius 2 is 1.36 bits per heavy atom. The zero-order chi connectivity index (χ0) is 20.7. The van der Waals surface area contributed by atoms with E-state index in [2.05, 4.69) is 15.4 Å². The number of carbonyl (C=O) groups excluding carboxylic acids is 3. The normalized spacial score (nSPS) is 9.86. The molecule has 0 aliphatic carbocycles. The van der Waals surface area contributed by atoms with Crippen molar-refractivity contribution in [2.24, 2.45) is 0 Å². The molecular weight excluding hydrogens is 368 g/mol. The third kappa shape index (κ3) is 4.50. The molecule has 0 aromatic heterocycles. The maximum Gasteiger partial charge on any atom is 0.339 e. The zero-order valence-electron chi connectivity index (χ0n) is 15.8. The number of hydrogen-bond donors (Lipinski definition) is 2. The molecule has 0 aliphatic heterocycles. The number of benzene rings is 2. The number of amides is 2. The summed E-state index contributed by atoms with van der Waals surface area (Å²) in [5, 5.41) is 4.83. The minimum atomic E-state index is -0.967. The molecule has 0 spiro atoms. The van der Waals surface area contributed by atoms with E-state index in [1.165, 1.54) is 52.7 Å². The Kier molecular flexibility index (Phi) is 6.80. The first-order valence-corrected chi connectivity index (χ1v) is 8.04. The van der Waals surface area contributed by atoms with Gasteiger partial charge < -0.3 is 29.6 Å². The lowest BCUT2D eigenvalue weighted by Crippen LogP contribution is -2.29. The van der Waals surface area contributed by atoms with Crippen LogP contribution in [0.3, 0.4) is 0 Å². The molecule has 2 aromatic carbocycles. The van der Waals surface area contributed by atoms with Crippen LogP contribution in [-0.4, -0.2) is 46.2 Å². The van der Waals surface area contributed by atoms with Gasteiger partial charge in [-0.2, -0.15) is 0 Å². The van der Waals surface area contributed by atoms with E-state index >= 15 is 0 Å². The highest BCUT2D eigenvalue weighted by molar-refractivity contribution is 6.44. The number of rotatable bonds is 6. The molecule has 2 aromatic rings. The predicted octanol–water partition coefficient (Wildman–Crippen LogP) is 2.08. The Morgan fingerprint density at radius 1 is 0.786 bits per heavy atom. The standard InChI is InChI=1S/C19H20N2O7/c1-25-14-9-11(10-15(26-2)16(14)27-3)20-17(22)18(23)21-13-8-6-5-7-12(13)19(24)28-4/h5-10H,1-4H3,(H,20,22)(H,21,23). The SMILES string of the molecule is COC(=O)c1ccccc1NC(=O)C(=O)Nc1cc(OC)c(OC)c(OC)c1. The van der Waals surface area contributed by atoms with E-state index in [1.807, 2.05) is 0 Å². The summed E-state index contributed by atoms with van der Waals surface area (Å²) in [6.45, 7) is 0. The molecule has 2 rings (SSSR count). The van der Waals surface area contributed by atoms with Crippen molar-refractivity contribution >= 4 is 29.2 Å². The van der Waals surface area contributed by atoms with E-state index in [0.717, 1.165) is 0 Å². The van der Waals surface area contributed by atoms with Crippen molar-refractivity contribution in [2.75, 3.05) is 39.1 Å². The van der Waals surface area contributed by atoms with Crippen molar-refractivity contribution in [3.63, 3.8) is 0 Å². The fraction of sp³-hybridized carbons (Fsp3) is 0.211. The van der Waals surface area contributed by atoms with E-state index < -0.39 is 17.8 Å². The average Bonchev–Trinajstić information content (AvgIpc) is 2.72. The van der Waals surface area contributed by atoms with Gasteiger partial charge in [-0.1, -0.05) is 12.1 Å². The van der Waals surface area contributed by atoms with Gasteiger partial charge in [-0.05, 0) is 12.1 Å². The largest absolute Gasteiger partial charge is 0.493 e. The molecule has 2 amide bonds. The van der Waals surface area contributed by atoms with Crippen LogP contribution in [0.1, 0.15) is 10.4 Å². The molecule has 0 atom stereocenters. The smallest absolute Gasteiger partial charge is 0.339 e. The third-order valence-electron chi connectivity index (χ3n) is 3.71. The number of para-hydroxylation sites is 1. The van der Waals surface area contributed by atoms with Crippen LogP contribution in [0, 0.1) is 0 Å². The van der Waals surface area contributed by atoms with E-state index in [9.17, 15) is 14.4 Å². The van der Waals surface area contributed by atoms with Crippen LogP contribution in [0.4, 0.5) is 11.4 Å². The van der Waals surface area contributed by atoms with Crippen LogP contribution in [0.15, 0.2) is 36.4 Å². The van der Waals surface area contributed by atoms with Crippen molar-refractivity contribution < 1.29 is 33.3 Å². The lowest BCUT2D eigenvalue weighted by atomic mass is 10.2. The molecule has 0 bridgehead atoms. The zero-order valence-corrected chi connectivity index (χ0v) is 15.8. The van der Waals surface area contributed by atoms with Gasteiger partial charge in [-0.15, -0.1) is 0 Å². The fourth-order valence-corrected chi connectivity index (χ4v) is 2.40. The molecule has 28 heavy (non-hydrogen) atoms. The Bertz CT molecular complexity index is 871. The number of anilines is 2. The molecule has 0 fully saturated rings. The minimum Gasteiger partial charge on any atom is -0.493 e. The van der Waals surface area contributed by atoms with Gasteiger partial charge in [0.2, 0.25) is 5.75 Å². The van der Waals surface area contributed by atoms with Gasteiger partial charge in [0.05, 0.1) is 39.7 Å². The fourth-order valence-electron chi connectivity index (χ4n) is 2.40. The van der Waals surface area contributed by atoms with Gasteiger partial charge in [0.15, 0.2) is 11.5 Å². The maximum atomic E-state index is 12.3. The molecule has 0 heterocycles. The summed E-state index contributed by atoms with van der Waals surface area (Å²) < 4.78 is 20.3. The summed E-state index contributed by atoms with van der Waals surface area (Å²) in [7, 11) is 5.53. The first kappa shape index (κ1) is 20.6. The number of hydrogen-bond acceptors (Lipinski definition) is 7. The van der Waals surface area contributed by atoms with Gasteiger partial charge in [-0.3, -0.25) is 9.59 Å². The molecular formula is C19H20N2O7. The highest BCUT2D eigenvalue weighted by Gasteiger charge is 2.20. The molecule has 9 heteroatoms. The highest BCUT2D eigenvalue weighted by atomic mass is 16.5. The molecule has 2 N–H and O–H groups in total. The highest BCUT2D eigenvalue weighted by Crippen LogP contribution is 2.39. The number of nitrogens with one attached hydrogen (secondary N) is 2. The number of esters is 1. The molecule has 9 nitrogen and oxygen atoms in total. The van der Waals surface area contributed by atoms with Crippen molar-refractivity contribution in [3.05, 3.63) is 42.0 Å². The molecule has 0 saturated carbocycles. The Balaban J connectivity index is 2.20. The summed E-state index contributed by atoms with van der Waals surface area (Å²) in [5.74, 6) is -1.58. The summed E-state index contributed by atoms with van der Waals surface area (Å²) in [5.41, 5.74) is 0.536. The van der Waals surface area contributed by atoms with Crippen LogP contribution < -0.4 is 24.8 Å². The van der Waals surface area contributed by atoms with Gasteiger partial charge in [0.1, 0.15) is 0 Å². The van der Waals surface area contributed by atoms with Gasteiger partial charge in [0, 0.05) is 17.8 Å². The van der Waals surface area contributed by atoms with Crippen molar-refractivity contribution in [1.82, 2.24) is 0 Å². The van der Waals surface area contributed by atoms with E-state index in [0.29, 0.717) is 17.2 Å². The Hall–Kier alpha value is -3.75. The lowest BCUT2D eigenvalue weighted by molar-refractivity contribution is -0.133. The van der Waals surface area contributed by atoms with Crippen LogP contribution in [0.2, 0.25) is 0 Å². The van der Waals surface area contributed by atoms with Crippen molar-refractivity contribution in [1.29, 1.82) is 0 Å². The predicted molar refractivity (Wildman–Crippen MR) is 101 cm³/mol. The minimum absolute atomic E-state index is 0.124. The van der Waals surface area contributed by atoms with Crippen LogP contribution in [0.25, 0.3) is 0 Å². The van der Waals surface area contributed by atoms with Gasteiger partial charge >= 0.3 is 17.8 Å². The molecule has 0 radical (unpaired) electrons. The molecule has 0 unspecified atom stereocenters. The van der Waals surface area contributed by atoms with E-state index in [1.54, 1.807) is 12.1 Å². The third-order valence-corrected chi connectivity index (χ3v) is 3.71. The van der Waals surface area contributed by atoms with Crippen LogP contribution in [0.5, 0.6) is 17.2 Å². The van der Waals surface area contributed by atoms with Crippen molar-refractivity contribution in [2.45, 2.75) is 0 Å². The Morgan fingerprint density at radius 3 is 1.89 bits per heavy atom. The summed E-state index contributed by atoms with van der Waals surface area (Å²) in [4.78, 5) is 36.3. The van der Waals surface area contributed by atoms with Gasteiger partial charge in [-0.25, -0.2) is 4.79 Å². The summed E-state index contributed by atoms with van der Waals surface area (Å²) in [6, 6.07) is 9.14. The molecule has 148 valence electrons. The monoisotopic (exact) mass is 388 g/mol. The second-order valence-corrected chi connectivity index (χ2v) is 5.36. The van der Waals surface area contributed by atoms with Crippen molar-refractivity contribution in [3.8, 4) is 17.2 Å². The van der Waals surface area contributed by atoms with E-state index in [4.69, 9.17) is 14.2 Å². The summed E-state index contributed by atoms with van der Waals surface area (Å²) >= 11 is 0. The lowest BCUT2D eigenvalue weighted by Gasteiger charge is -2.14. The van der Waals surface area contributed by atoms with E-state index in [-0.39, 0.29) is 16.9 Å². The summed E-state index contributed by atoms with van der Waals surface area (Å²) in [6.07, 6.45) is 0. The van der Waals surface area contributed by atoms with Crippen LogP contribution in [-0.2, 0) is 14.3 Å². The van der Waals surface area contributed by atoms with Gasteiger partial charge in [0.25, 0.3) is 0 Å². The second-order valence-electron chi connectivity index (χ2n) is 5.36. The molecule has 0 aliphatic rings. The van der Waals surface area contributed by atoms with Crippen LogP contribution >= 0.6 is 0 Å².